The number of nitro benzene ring substituents is 2. The van der Waals surface area contributed by atoms with Gasteiger partial charge in [0.25, 0.3) is 11.4 Å². The van der Waals surface area contributed by atoms with Gasteiger partial charge >= 0.3 is 0 Å². The van der Waals surface area contributed by atoms with Gasteiger partial charge in [0.1, 0.15) is 0 Å². The third kappa shape index (κ3) is 3.91. The standard InChI is InChI=1S/C25H22ClN3O4S/c1-14-10-11-18-16(12-14)23-17(25(27-18)15-6-2-3-7-19(15)28(30)31)13-22(24(23)26)34-21-9-5-4-8-20(21)29(32)33/h2-12,17,22-25,27H,13H2,1H3/t17-,22-,23+,24-,25+/m1/s1. The predicted octanol–water partition coefficient (Wildman–Crippen LogP) is 6.85. The molecule has 0 saturated heterocycles. The maximum atomic E-state index is 11.8. The van der Waals surface area contributed by atoms with Crippen molar-refractivity contribution in [2.24, 2.45) is 5.92 Å². The average molecular weight is 496 g/mol. The molecule has 1 aliphatic carbocycles. The molecule has 1 aliphatic heterocycles. The lowest BCUT2D eigenvalue weighted by atomic mass is 9.76. The van der Waals surface area contributed by atoms with Gasteiger partial charge in [-0.15, -0.1) is 23.4 Å². The molecule has 1 N–H and O–H groups in total. The Bertz CT molecular complexity index is 1290. The molecule has 0 amide bonds. The van der Waals surface area contributed by atoms with Crippen LogP contribution < -0.4 is 5.32 Å². The normalized spacial score (nSPS) is 25.2. The van der Waals surface area contributed by atoms with E-state index in [0.29, 0.717) is 16.9 Å². The summed E-state index contributed by atoms with van der Waals surface area (Å²) < 4.78 is 0. The minimum atomic E-state index is -0.371. The van der Waals surface area contributed by atoms with E-state index in [2.05, 4.69) is 11.4 Å². The molecule has 0 spiro atoms. The van der Waals surface area contributed by atoms with Gasteiger partial charge in [0.2, 0.25) is 0 Å². The second-order valence-electron chi connectivity index (χ2n) is 8.78. The highest BCUT2D eigenvalue weighted by molar-refractivity contribution is 8.00. The highest BCUT2D eigenvalue weighted by Gasteiger charge is 2.51. The van der Waals surface area contributed by atoms with Crippen LogP contribution in [-0.4, -0.2) is 20.5 Å². The van der Waals surface area contributed by atoms with Crippen molar-refractivity contribution in [2.75, 3.05) is 5.32 Å². The van der Waals surface area contributed by atoms with E-state index in [0.717, 1.165) is 16.8 Å². The second-order valence-corrected chi connectivity index (χ2v) is 10.6. The fourth-order valence-corrected chi connectivity index (χ4v) is 7.27. The number of rotatable bonds is 5. The van der Waals surface area contributed by atoms with Crippen molar-refractivity contribution in [3.05, 3.63) is 104 Å². The highest BCUT2D eigenvalue weighted by Crippen LogP contribution is 2.58. The summed E-state index contributed by atoms with van der Waals surface area (Å²) in [7, 11) is 0. The molecule has 1 fully saturated rings. The van der Waals surface area contributed by atoms with Crippen molar-refractivity contribution in [2.45, 2.75) is 40.8 Å². The van der Waals surface area contributed by atoms with Crippen LogP contribution in [0.5, 0.6) is 0 Å². The van der Waals surface area contributed by atoms with Gasteiger partial charge in [0.05, 0.1) is 31.7 Å². The quantitative estimate of drug-likeness (QED) is 0.236. The maximum absolute atomic E-state index is 11.8. The molecular weight excluding hydrogens is 474 g/mol. The first-order valence-corrected chi connectivity index (χ1v) is 12.3. The van der Waals surface area contributed by atoms with E-state index < -0.39 is 0 Å². The zero-order valence-corrected chi connectivity index (χ0v) is 19.8. The number of fused-ring (bicyclic) bond motifs is 3. The summed E-state index contributed by atoms with van der Waals surface area (Å²) >= 11 is 8.55. The van der Waals surface area contributed by atoms with Crippen LogP contribution in [0.1, 0.15) is 35.1 Å². The molecule has 0 unspecified atom stereocenters. The number of nitrogens with zero attached hydrogens (tertiary/aromatic N) is 2. The van der Waals surface area contributed by atoms with Crippen LogP contribution in [0.4, 0.5) is 17.1 Å². The molecule has 0 aromatic heterocycles. The predicted molar refractivity (Wildman–Crippen MR) is 134 cm³/mol. The minimum Gasteiger partial charge on any atom is -0.377 e. The topological polar surface area (TPSA) is 98.3 Å². The van der Waals surface area contributed by atoms with E-state index in [1.807, 2.05) is 25.1 Å². The van der Waals surface area contributed by atoms with Crippen molar-refractivity contribution in [1.82, 2.24) is 0 Å². The molecule has 1 saturated carbocycles. The molecule has 0 bridgehead atoms. The molecule has 5 rings (SSSR count). The summed E-state index contributed by atoms with van der Waals surface area (Å²) in [5.74, 6) is -0.0407. The molecule has 34 heavy (non-hydrogen) atoms. The van der Waals surface area contributed by atoms with E-state index in [9.17, 15) is 20.2 Å². The highest BCUT2D eigenvalue weighted by atomic mass is 35.5. The molecule has 3 aromatic carbocycles. The van der Waals surface area contributed by atoms with Crippen molar-refractivity contribution in [3.63, 3.8) is 0 Å². The molecule has 5 atom stereocenters. The Kier molecular flexibility index (Phi) is 5.95. The number of aryl methyl sites for hydroxylation is 1. The molecular formula is C25H22ClN3O4S. The summed E-state index contributed by atoms with van der Waals surface area (Å²) in [5.41, 5.74) is 3.92. The van der Waals surface area contributed by atoms with Crippen LogP contribution in [0.3, 0.4) is 0 Å². The molecule has 174 valence electrons. The number of nitro groups is 2. The van der Waals surface area contributed by atoms with E-state index in [1.165, 1.54) is 23.9 Å². The zero-order chi connectivity index (χ0) is 24.0. The maximum Gasteiger partial charge on any atom is 0.282 e. The third-order valence-corrected chi connectivity index (χ3v) is 8.89. The number of benzene rings is 3. The van der Waals surface area contributed by atoms with Gasteiger partial charge in [-0.2, -0.15) is 0 Å². The third-order valence-electron chi connectivity index (χ3n) is 6.78. The second kappa shape index (κ2) is 8.92. The Morgan fingerprint density at radius 1 is 0.941 bits per heavy atom. The van der Waals surface area contributed by atoms with Crippen molar-refractivity contribution in [3.8, 4) is 0 Å². The number of hydrogen-bond donors (Lipinski definition) is 1. The molecule has 2 aliphatic rings. The van der Waals surface area contributed by atoms with Crippen molar-refractivity contribution in [1.29, 1.82) is 0 Å². The number of para-hydroxylation sites is 2. The Balaban J connectivity index is 1.57. The molecule has 0 radical (unpaired) electrons. The van der Waals surface area contributed by atoms with E-state index in [1.54, 1.807) is 30.3 Å². The minimum absolute atomic E-state index is 0.00170. The summed E-state index contributed by atoms with van der Waals surface area (Å²) in [6.45, 7) is 2.03. The van der Waals surface area contributed by atoms with Crippen LogP contribution in [0, 0.1) is 33.1 Å². The van der Waals surface area contributed by atoms with Crippen molar-refractivity contribution >= 4 is 40.4 Å². The first kappa shape index (κ1) is 22.7. The largest absolute Gasteiger partial charge is 0.377 e. The van der Waals surface area contributed by atoms with Gasteiger partial charge in [-0.05, 0) is 37.0 Å². The van der Waals surface area contributed by atoms with E-state index in [4.69, 9.17) is 11.6 Å². The number of thioether (sulfide) groups is 1. The monoisotopic (exact) mass is 495 g/mol. The first-order valence-electron chi connectivity index (χ1n) is 11.0. The summed E-state index contributed by atoms with van der Waals surface area (Å²) in [6.07, 6.45) is 0.673. The fraction of sp³-hybridized carbons (Fsp3) is 0.280. The van der Waals surface area contributed by atoms with Crippen LogP contribution in [0.15, 0.2) is 71.6 Å². The van der Waals surface area contributed by atoms with E-state index in [-0.39, 0.29) is 49.7 Å². The number of hydrogen-bond acceptors (Lipinski definition) is 6. The molecule has 7 nitrogen and oxygen atoms in total. The summed E-state index contributed by atoms with van der Waals surface area (Å²) in [6, 6.07) is 19.4. The van der Waals surface area contributed by atoms with Gasteiger partial charge in [-0.25, -0.2) is 0 Å². The van der Waals surface area contributed by atoms with Gasteiger partial charge in [0.15, 0.2) is 0 Å². The number of halogens is 1. The van der Waals surface area contributed by atoms with Gasteiger partial charge in [0, 0.05) is 29.0 Å². The zero-order valence-electron chi connectivity index (χ0n) is 18.3. The van der Waals surface area contributed by atoms with Crippen molar-refractivity contribution < 1.29 is 9.85 Å². The van der Waals surface area contributed by atoms with Crippen LogP contribution >= 0.6 is 23.4 Å². The Hall–Kier alpha value is -3.10. The average Bonchev–Trinajstić information content (AvgIpc) is 3.15. The summed E-state index contributed by atoms with van der Waals surface area (Å²) in [5, 5.41) is 26.5. The first-order chi connectivity index (χ1) is 16.3. The van der Waals surface area contributed by atoms with Gasteiger partial charge < -0.3 is 5.32 Å². The van der Waals surface area contributed by atoms with Gasteiger partial charge in [-0.1, -0.05) is 48.0 Å². The molecule has 9 heteroatoms. The van der Waals surface area contributed by atoms with Crippen LogP contribution in [0.2, 0.25) is 0 Å². The summed E-state index contributed by atoms with van der Waals surface area (Å²) in [4.78, 5) is 23.2. The number of anilines is 1. The van der Waals surface area contributed by atoms with E-state index >= 15 is 0 Å². The lowest BCUT2D eigenvalue weighted by Crippen LogP contribution is -2.31. The van der Waals surface area contributed by atoms with Gasteiger partial charge in [-0.3, -0.25) is 20.2 Å². The SMILES string of the molecule is Cc1ccc2c(c1)[C@@H]1[C@H](Cl)[C@H](Sc3ccccc3[N+](=O)[O-])C[C@H]1[C@H](c1ccccc1[N+](=O)[O-])N2. The Morgan fingerprint density at radius 3 is 2.35 bits per heavy atom. The molecule has 3 aromatic rings. The Morgan fingerprint density at radius 2 is 1.62 bits per heavy atom. The van der Waals surface area contributed by atoms with Crippen LogP contribution in [-0.2, 0) is 0 Å². The van der Waals surface area contributed by atoms with Crippen LogP contribution in [0.25, 0.3) is 0 Å². The number of nitrogens with one attached hydrogen (secondary N) is 1. The fourth-order valence-electron chi connectivity index (χ4n) is 5.33. The lowest BCUT2D eigenvalue weighted by molar-refractivity contribution is -0.387. The number of alkyl halides is 1. The smallest absolute Gasteiger partial charge is 0.282 e. The molecule has 1 heterocycles. The lowest BCUT2D eigenvalue weighted by Gasteiger charge is -2.38. The Labute approximate surface area is 205 Å².